The molecule has 10 nitrogen and oxygen atoms in total. The average Bonchev–Trinajstić information content (AvgIpc) is 2.86. The largest absolute Gasteiger partial charge is 0.489 e. The van der Waals surface area contributed by atoms with Crippen LogP contribution < -0.4 is 9.64 Å². The van der Waals surface area contributed by atoms with Crippen LogP contribution >= 0.6 is 0 Å². The Morgan fingerprint density at radius 3 is 2.41 bits per heavy atom. The summed E-state index contributed by atoms with van der Waals surface area (Å²) in [6.07, 6.45) is 0. The summed E-state index contributed by atoms with van der Waals surface area (Å²) in [5, 5.41) is 11.8. The first-order valence-electron chi connectivity index (χ1n) is 11.1. The summed E-state index contributed by atoms with van der Waals surface area (Å²) in [6.45, 7) is 4.34. The highest BCUT2D eigenvalue weighted by Gasteiger charge is 2.30. The first kappa shape index (κ1) is 24.3. The van der Waals surface area contributed by atoms with Crippen molar-refractivity contribution in [1.29, 1.82) is 0 Å². The number of halogens is 1. The molecule has 34 heavy (non-hydrogen) atoms. The first-order chi connectivity index (χ1) is 16.4. The van der Waals surface area contributed by atoms with Crippen molar-refractivity contribution >= 4 is 21.4 Å². The van der Waals surface area contributed by atoms with Crippen molar-refractivity contribution in [3.8, 4) is 5.75 Å². The fourth-order valence-corrected chi connectivity index (χ4v) is 5.50. The molecule has 2 aliphatic rings. The van der Waals surface area contributed by atoms with Gasteiger partial charge in [0.2, 0.25) is 10.0 Å². The predicted molar refractivity (Wildman–Crippen MR) is 123 cm³/mol. The van der Waals surface area contributed by atoms with Crippen LogP contribution in [0.1, 0.15) is 0 Å². The maximum atomic E-state index is 13.7. The van der Waals surface area contributed by atoms with Crippen LogP contribution in [0.15, 0.2) is 47.4 Å². The van der Waals surface area contributed by atoms with Crippen molar-refractivity contribution in [1.82, 2.24) is 9.21 Å². The average molecular weight is 495 g/mol. The van der Waals surface area contributed by atoms with Crippen LogP contribution in [0.25, 0.3) is 0 Å². The van der Waals surface area contributed by atoms with Crippen molar-refractivity contribution in [3.05, 3.63) is 58.4 Å². The molecule has 0 radical (unpaired) electrons. The Bertz CT molecular complexity index is 1120. The molecule has 12 heteroatoms. The summed E-state index contributed by atoms with van der Waals surface area (Å²) < 4.78 is 51.5. The summed E-state index contributed by atoms with van der Waals surface area (Å²) in [5.74, 6) is -0.192. The molecule has 2 aromatic rings. The van der Waals surface area contributed by atoms with E-state index in [-0.39, 0.29) is 29.4 Å². The molecule has 2 heterocycles. The Balaban J connectivity index is 1.38. The van der Waals surface area contributed by atoms with E-state index in [9.17, 15) is 22.9 Å². The molecule has 184 valence electrons. The minimum Gasteiger partial charge on any atom is -0.489 e. The maximum Gasteiger partial charge on any atom is 0.293 e. The second-order valence-electron chi connectivity index (χ2n) is 8.03. The number of nitrogens with zero attached hydrogens (tertiary/aromatic N) is 4. The van der Waals surface area contributed by atoms with Gasteiger partial charge in [-0.3, -0.25) is 15.0 Å². The van der Waals surface area contributed by atoms with Gasteiger partial charge in [0, 0.05) is 51.9 Å². The van der Waals surface area contributed by atoms with Crippen molar-refractivity contribution in [2.45, 2.75) is 4.90 Å². The highest BCUT2D eigenvalue weighted by atomic mass is 32.2. The molecule has 0 amide bonds. The van der Waals surface area contributed by atoms with E-state index in [0.717, 1.165) is 6.07 Å². The summed E-state index contributed by atoms with van der Waals surface area (Å²) in [5.41, 5.74) is 0.166. The van der Waals surface area contributed by atoms with Gasteiger partial charge in [-0.05, 0) is 24.3 Å². The zero-order valence-electron chi connectivity index (χ0n) is 18.6. The smallest absolute Gasteiger partial charge is 0.293 e. The molecule has 0 aromatic heterocycles. The van der Waals surface area contributed by atoms with E-state index in [1.165, 1.54) is 22.5 Å². The van der Waals surface area contributed by atoms with Crippen LogP contribution in [-0.4, -0.2) is 88.2 Å². The number of ether oxygens (including phenoxy) is 2. The summed E-state index contributed by atoms with van der Waals surface area (Å²) in [4.78, 5) is 15.2. The molecule has 0 atom stereocenters. The van der Waals surface area contributed by atoms with Crippen molar-refractivity contribution < 1.29 is 27.2 Å². The molecule has 4 rings (SSSR count). The maximum absolute atomic E-state index is 13.7. The lowest BCUT2D eigenvalue weighted by molar-refractivity contribution is -0.384. The van der Waals surface area contributed by atoms with Gasteiger partial charge in [0.15, 0.2) is 11.6 Å². The third-order valence-corrected chi connectivity index (χ3v) is 7.86. The van der Waals surface area contributed by atoms with E-state index in [1.807, 2.05) is 4.90 Å². The standard InChI is InChI=1S/C22H27FN4O6S/c23-19-3-1-2-4-22(19)33-16-11-24-7-9-25(10-8-24)20-6-5-18(17-21(20)27(28)29)34(30,31)26-12-14-32-15-13-26/h1-6,17H,7-16H2. The fraction of sp³-hybridized carbons (Fsp3) is 0.455. The number of anilines is 1. The minimum atomic E-state index is -3.83. The monoisotopic (exact) mass is 494 g/mol. The molecular formula is C22H27FN4O6S. The molecule has 0 aliphatic carbocycles. The quantitative estimate of drug-likeness (QED) is 0.405. The molecule has 0 bridgehead atoms. The number of morpholine rings is 1. The van der Waals surface area contributed by atoms with Gasteiger partial charge in [-0.15, -0.1) is 0 Å². The van der Waals surface area contributed by atoms with E-state index in [1.54, 1.807) is 18.2 Å². The number of para-hydroxylation sites is 1. The third-order valence-electron chi connectivity index (χ3n) is 5.97. The van der Waals surface area contributed by atoms with Crippen molar-refractivity contribution in [3.63, 3.8) is 0 Å². The topological polar surface area (TPSA) is 105 Å². The number of hydrogen-bond acceptors (Lipinski definition) is 8. The normalized spacial score (nSPS) is 18.1. The van der Waals surface area contributed by atoms with Gasteiger partial charge in [0.1, 0.15) is 12.3 Å². The van der Waals surface area contributed by atoms with Gasteiger partial charge in [-0.2, -0.15) is 4.31 Å². The lowest BCUT2D eigenvalue weighted by Gasteiger charge is -2.35. The Hall–Kier alpha value is -2.80. The zero-order chi connectivity index (χ0) is 24.1. The number of nitro groups is 1. The summed E-state index contributed by atoms with van der Waals surface area (Å²) >= 11 is 0. The second-order valence-corrected chi connectivity index (χ2v) is 9.97. The third kappa shape index (κ3) is 5.46. The van der Waals surface area contributed by atoms with Gasteiger partial charge in [-0.1, -0.05) is 12.1 Å². The predicted octanol–water partition coefficient (Wildman–Crippen LogP) is 1.96. The number of rotatable bonds is 8. The number of piperazine rings is 1. The molecule has 2 aromatic carbocycles. The van der Waals surface area contributed by atoms with Gasteiger partial charge < -0.3 is 14.4 Å². The van der Waals surface area contributed by atoms with Gasteiger partial charge in [-0.25, -0.2) is 12.8 Å². The highest BCUT2D eigenvalue weighted by molar-refractivity contribution is 7.89. The van der Waals surface area contributed by atoms with E-state index >= 15 is 0 Å². The van der Waals surface area contributed by atoms with E-state index < -0.39 is 20.8 Å². The van der Waals surface area contributed by atoms with Gasteiger partial charge in [0.25, 0.3) is 5.69 Å². The Labute approximate surface area is 197 Å². The van der Waals surface area contributed by atoms with Crippen LogP contribution in [0.2, 0.25) is 0 Å². The summed E-state index contributed by atoms with van der Waals surface area (Å²) in [6, 6.07) is 10.3. The Morgan fingerprint density at radius 1 is 1.03 bits per heavy atom. The molecule has 0 spiro atoms. The van der Waals surface area contributed by atoms with Crippen LogP contribution in [0.3, 0.4) is 0 Å². The van der Waals surface area contributed by atoms with Crippen molar-refractivity contribution in [2.24, 2.45) is 0 Å². The van der Waals surface area contributed by atoms with E-state index in [4.69, 9.17) is 9.47 Å². The van der Waals surface area contributed by atoms with Crippen LogP contribution in [0.5, 0.6) is 5.75 Å². The minimum absolute atomic E-state index is 0.0891. The number of nitro benzene ring substituents is 1. The lowest BCUT2D eigenvalue weighted by Crippen LogP contribution is -2.47. The van der Waals surface area contributed by atoms with Crippen LogP contribution in [0.4, 0.5) is 15.8 Å². The summed E-state index contributed by atoms with van der Waals surface area (Å²) in [7, 11) is -3.83. The highest BCUT2D eigenvalue weighted by Crippen LogP contribution is 2.32. The molecule has 2 aliphatic heterocycles. The molecule has 0 N–H and O–H groups in total. The SMILES string of the molecule is O=[N+]([O-])c1cc(S(=O)(=O)N2CCOCC2)ccc1N1CCN(CCOc2ccccc2F)CC1. The van der Waals surface area contributed by atoms with E-state index in [0.29, 0.717) is 58.2 Å². The van der Waals surface area contributed by atoms with Gasteiger partial charge in [0.05, 0.1) is 23.0 Å². The lowest BCUT2D eigenvalue weighted by atomic mass is 10.2. The fourth-order valence-electron chi connectivity index (χ4n) is 4.07. The Morgan fingerprint density at radius 2 is 1.74 bits per heavy atom. The molecule has 0 unspecified atom stereocenters. The van der Waals surface area contributed by atoms with E-state index in [2.05, 4.69) is 4.90 Å². The molecular weight excluding hydrogens is 467 g/mol. The molecule has 2 saturated heterocycles. The first-order valence-corrected chi connectivity index (χ1v) is 12.5. The zero-order valence-corrected chi connectivity index (χ0v) is 19.5. The van der Waals surface area contributed by atoms with Crippen LogP contribution in [-0.2, 0) is 14.8 Å². The van der Waals surface area contributed by atoms with Crippen molar-refractivity contribution in [2.75, 3.05) is 70.5 Å². The van der Waals surface area contributed by atoms with Gasteiger partial charge >= 0.3 is 0 Å². The Kier molecular flexibility index (Phi) is 7.61. The number of sulfonamides is 1. The molecule has 2 fully saturated rings. The van der Waals surface area contributed by atoms with Crippen LogP contribution in [0, 0.1) is 15.9 Å². The second kappa shape index (κ2) is 10.6. The number of benzene rings is 2. The molecule has 0 saturated carbocycles. The number of hydrogen-bond donors (Lipinski definition) is 0.